The second-order valence-corrected chi connectivity index (χ2v) is 8.48. The summed E-state index contributed by atoms with van der Waals surface area (Å²) >= 11 is 0. The normalized spacial score (nSPS) is 23.8. The fraction of sp³-hybridized carbons (Fsp3) is 0.789. The molecule has 1 heterocycles. The minimum Gasteiger partial charge on any atom is -0.352 e. The summed E-state index contributed by atoms with van der Waals surface area (Å²) in [5, 5.41) is 8.90. The largest absolute Gasteiger partial charge is 0.352 e. The summed E-state index contributed by atoms with van der Waals surface area (Å²) in [7, 11) is 3.19. The third-order valence-electron chi connectivity index (χ3n) is 5.61. The van der Waals surface area contributed by atoms with Crippen LogP contribution in [0.1, 0.15) is 38.5 Å². The van der Waals surface area contributed by atoms with Gasteiger partial charge in [-0.15, -0.1) is 0 Å². The molecule has 0 spiro atoms. The van der Waals surface area contributed by atoms with Gasteiger partial charge in [-0.25, -0.2) is 0 Å². The molecule has 156 valence electrons. The van der Waals surface area contributed by atoms with E-state index in [2.05, 4.69) is 16.0 Å². The number of nitrogens with zero attached hydrogens (tertiary/aromatic N) is 2. The molecule has 0 aromatic heterocycles. The van der Waals surface area contributed by atoms with Crippen molar-refractivity contribution >= 4 is 23.6 Å². The van der Waals surface area contributed by atoms with Crippen molar-refractivity contribution in [3.05, 3.63) is 0 Å². The van der Waals surface area contributed by atoms with Crippen molar-refractivity contribution in [1.29, 1.82) is 0 Å². The van der Waals surface area contributed by atoms with Crippen LogP contribution >= 0.6 is 0 Å². The molecule has 3 fully saturated rings. The molecule has 3 N–H and O–H groups in total. The number of hydrogen-bond acceptors (Lipinski definition) is 5. The lowest BCUT2D eigenvalue weighted by molar-refractivity contribution is -0.147. The minimum atomic E-state index is -0.868. The highest BCUT2D eigenvalue weighted by atomic mass is 16.2. The molecule has 3 rings (SSSR count). The van der Waals surface area contributed by atoms with Crippen molar-refractivity contribution in [1.82, 2.24) is 25.8 Å². The first kappa shape index (κ1) is 20.6. The highest BCUT2D eigenvalue weighted by Gasteiger charge is 2.45. The molecule has 9 heteroatoms. The SMILES string of the molecule is CN(CC(=O)NC1CC1)C(=O)CC1(C(=O)N(C)CC(=O)NC2CC2)CCNC1. The molecule has 0 aromatic rings. The fourth-order valence-electron chi connectivity index (χ4n) is 3.57. The lowest BCUT2D eigenvalue weighted by atomic mass is 9.81. The average Bonchev–Trinajstić information content (AvgIpc) is 3.56. The molecule has 1 aliphatic heterocycles. The molecule has 1 saturated heterocycles. The Labute approximate surface area is 165 Å². The van der Waals surface area contributed by atoms with Crippen molar-refractivity contribution in [2.75, 3.05) is 40.3 Å². The van der Waals surface area contributed by atoms with E-state index in [9.17, 15) is 19.2 Å². The average molecular weight is 393 g/mol. The quantitative estimate of drug-likeness (QED) is 0.457. The summed E-state index contributed by atoms with van der Waals surface area (Å²) < 4.78 is 0. The third-order valence-corrected chi connectivity index (χ3v) is 5.61. The maximum Gasteiger partial charge on any atom is 0.239 e. The fourth-order valence-corrected chi connectivity index (χ4v) is 3.57. The summed E-state index contributed by atoms with van der Waals surface area (Å²) in [4.78, 5) is 52.6. The van der Waals surface area contributed by atoms with Gasteiger partial charge in [0.25, 0.3) is 0 Å². The highest BCUT2D eigenvalue weighted by Crippen LogP contribution is 2.32. The summed E-state index contributed by atoms with van der Waals surface area (Å²) in [5.74, 6) is -0.775. The van der Waals surface area contributed by atoms with Crippen molar-refractivity contribution in [3.8, 4) is 0 Å². The molecule has 1 atom stereocenters. The van der Waals surface area contributed by atoms with E-state index in [1.54, 1.807) is 14.1 Å². The van der Waals surface area contributed by atoms with E-state index >= 15 is 0 Å². The van der Waals surface area contributed by atoms with E-state index in [1.807, 2.05) is 0 Å². The molecule has 2 aliphatic carbocycles. The maximum absolute atomic E-state index is 13.1. The summed E-state index contributed by atoms with van der Waals surface area (Å²) in [6.07, 6.45) is 4.54. The van der Waals surface area contributed by atoms with Gasteiger partial charge in [-0.1, -0.05) is 0 Å². The molecule has 0 radical (unpaired) electrons. The van der Waals surface area contributed by atoms with E-state index in [1.165, 1.54) is 9.80 Å². The Morgan fingerprint density at radius 2 is 1.46 bits per heavy atom. The van der Waals surface area contributed by atoms with Crippen LogP contribution in [-0.4, -0.2) is 85.8 Å². The van der Waals surface area contributed by atoms with Crippen LogP contribution in [0.4, 0.5) is 0 Å². The van der Waals surface area contributed by atoms with Gasteiger partial charge in [0.1, 0.15) is 0 Å². The Hall–Kier alpha value is -2.16. The number of hydrogen-bond donors (Lipinski definition) is 3. The zero-order valence-electron chi connectivity index (χ0n) is 16.8. The smallest absolute Gasteiger partial charge is 0.239 e. The highest BCUT2D eigenvalue weighted by molar-refractivity contribution is 5.93. The first-order valence-electron chi connectivity index (χ1n) is 10.1. The van der Waals surface area contributed by atoms with Crippen LogP contribution in [0.25, 0.3) is 0 Å². The Kier molecular flexibility index (Phi) is 6.22. The molecule has 28 heavy (non-hydrogen) atoms. The van der Waals surface area contributed by atoms with Gasteiger partial charge in [-0.3, -0.25) is 19.2 Å². The lowest BCUT2D eigenvalue weighted by Gasteiger charge is -2.32. The lowest BCUT2D eigenvalue weighted by Crippen LogP contribution is -2.50. The first-order chi connectivity index (χ1) is 13.3. The van der Waals surface area contributed by atoms with Crippen molar-refractivity contribution in [2.24, 2.45) is 5.41 Å². The topological polar surface area (TPSA) is 111 Å². The van der Waals surface area contributed by atoms with E-state index in [-0.39, 0.29) is 55.2 Å². The van der Waals surface area contributed by atoms with Crippen LogP contribution in [0, 0.1) is 5.41 Å². The Bertz CT molecular complexity index is 638. The van der Waals surface area contributed by atoms with Crippen molar-refractivity contribution in [3.63, 3.8) is 0 Å². The molecule has 2 saturated carbocycles. The van der Waals surface area contributed by atoms with Crippen LogP contribution in [0.15, 0.2) is 0 Å². The number of nitrogens with one attached hydrogen (secondary N) is 3. The van der Waals surface area contributed by atoms with Crippen LogP contribution in [0.5, 0.6) is 0 Å². The predicted octanol–water partition coefficient (Wildman–Crippen LogP) is -1.17. The van der Waals surface area contributed by atoms with Gasteiger partial charge in [0.15, 0.2) is 0 Å². The minimum absolute atomic E-state index is 0.00728. The maximum atomic E-state index is 13.1. The number of likely N-dealkylation sites (N-methyl/N-ethyl adjacent to an activating group) is 2. The second-order valence-electron chi connectivity index (χ2n) is 8.48. The molecule has 0 aromatic carbocycles. The van der Waals surface area contributed by atoms with Gasteiger partial charge in [-0.05, 0) is 38.6 Å². The summed E-state index contributed by atoms with van der Waals surface area (Å²) in [5.41, 5.74) is -0.868. The van der Waals surface area contributed by atoms with E-state index < -0.39 is 5.41 Å². The van der Waals surface area contributed by atoms with E-state index in [4.69, 9.17) is 0 Å². The van der Waals surface area contributed by atoms with Gasteiger partial charge in [0, 0.05) is 39.1 Å². The van der Waals surface area contributed by atoms with Crippen LogP contribution in [0.2, 0.25) is 0 Å². The van der Waals surface area contributed by atoms with Crippen LogP contribution in [-0.2, 0) is 19.2 Å². The van der Waals surface area contributed by atoms with Crippen molar-refractivity contribution in [2.45, 2.75) is 50.6 Å². The Morgan fingerprint density at radius 1 is 0.929 bits per heavy atom. The van der Waals surface area contributed by atoms with Gasteiger partial charge in [0.05, 0.1) is 18.5 Å². The van der Waals surface area contributed by atoms with Gasteiger partial charge in [-0.2, -0.15) is 0 Å². The van der Waals surface area contributed by atoms with Crippen molar-refractivity contribution < 1.29 is 19.2 Å². The third kappa shape index (κ3) is 5.43. The zero-order valence-corrected chi connectivity index (χ0v) is 16.8. The summed E-state index contributed by atoms with van der Waals surface area (Å²) in [6.45, 7) is 1.03. The molecule has 4 amide bonds. The molecule has 3 aliphatic rings. The Morgan fingerprint density at radius 3 is 1.93 bits per heavy atom. The van der Waals surface area contributed by atoms with Gasteiger partial charge >= 0.3 is 0 Å². The predicted molar refractivity (Wildman–Crippen MR) is 102 cm³/mol. The number of carbonyl (C=O) groups is 4. The van der Waals surface area contributed by atoms with Crippen LogP contribution in [0.3, 0.4) is 0 Å². The molecule has 0 bridgehead atoms. The molecule has 9 nitrogen and oxygen atoms in total. The standard InChI is InChI=1S/C19H31N5O4/c1-23(10-15(25)21-13-3-4-13)17(27)9-19(7-8-20-12-19)18(28)24(2)11-16(26)22-14-5-6-14/h13-14,20H,3-12H2,1-2H3,(H,21,25)(H,22,26). The zero-order chi connectivity index (χ0) is 20.3. The molecule has 1 unspecified atom stereocenters. The molecular formula is C19H31N5O4. The monoisotopic (exact) mass is 393 g/mol. The Balaban J connectivity index is 1.55. The number of amides is 4. The molecular weight excluding hydrogens is 362 g/mol. The number of rotatable bonds is 9. The first-order valence-corrected chi connectivity index (χ1v) is 10.1. The second kappa shape index (κ2) is 8.46. The van der Waals surface area contributed by atoms with Crippen LogP contribution < -0.4 is 16.0 Å². The van der Waals surface area contributed by atoms with Gasteiger partial charge in [0.2, 0.25) is 23.6 Å². The van der Waals surface area contributed by atoms with E-state index in [0.29, 0.717) is 19.5 Å². The van der Waals surface area contributed by atoms with Gasteiger partial charge < -0.3 is 25.8 Å². The summed E-state index contributed by atoms with van der Waals surface area (Å²) in [6, 6.07) is 0.494. The number of carbonyl (C=O) groups excluding carboxylic acids is 4. The van der Waals surface area contributed by atoms with E-state index in [0.717, 1.165) is 25.7 Å².